The number of methoxy groups -OCH3 is 2. The first-order chi connectivity index (χ1) is 18.0. The number of hydrogen-bond donors (Lipinski definition) is 2. The molecule has 0 bridgehead atoms. The minimum Gasteiger partial charge on any atom is -0.493 e. The summed E-state index contributed by atoms with van der Waals surface area (Å²) in [4.78, 5) is 25.8. The Morgan fingerprint density at radius 2 is 1.49 bits per heavy atom. The van der Waals surface area contributed by atoms with Crippen LogP contribution in [-0.4, -0.2) is 31.7 Å². The highest BCUT2D eigenvalue weighted by Gasteiger charge is 2.15. The largest absolute Gasteiger partial charge is 0.493 e. The van der Waals surface area contributed by atoms with Crippen molar-refractivity contribution in [2.45, 2.75) is 6.92 Å². The van der Waals surface area contributed by atoms with E-state index in [2.05, 4.69) is 15.8 Å². The van der Waals surface area contributed by atoms with Crippen LogP contribution in [-0.2, 0) is 4.79 Å². The van der Waals surface area contributed by atoms with E-state index in [-0.39, 0.29) is 5.70 Å². The van der Waals surface area contributed by atoms with Gasteiger partial charge in [0.05, 0.1) is 19.9 Å². The Morgan fingerprint density at radius 1 is 0.811 bits per heavy atom. The second-order valence-corrected chi connectivity index (χ2v) is 7.82. The fourth-order valence-electron chi connectivity index (χ4n) is 3.21. The number of hydrazone groups is 1. The Hall–Kier alpha value is -4.91. The lowest BCUT2D eigenvalue weighted by Crippen LogP contribution is -2.33. The third-order valence-electron chi connectivity index (χ3n) is 5.12. The van der Waals surface area contributed by atoms with Crippen LogP contribution in [0.4, 0.5) is 0 Å². The number of nitrogens with zero attached hydrogens (tertiary/aromatic N) is 1. The first kappa shape index (κ1) is 26.7. The van der Waals surface area contributed by atoms with Gasteiger partial charge in [0.15, 0.2) is 11.5 Å². The summed E-state index contributed by atoms with van der Waals surface area (Å²) in [7, 11) is 3.06. The van der Waals surface area contributed by atoms with Crippen LogP contribution >= 0.6 is 0 Å². The van der Waals surface area contributed by atoms with Gasteiger partial charge >= 0.3 is 0 Å². The molecule has 0 aliphatic carbocycles. The molecule has 7 nitrogen and oxygen atoms in total. The Kier molecular flexibility index (Phi) is 9.99. The first-order valence-corrected chi connectivity index (χ1v) is 11.5. The van der Waals surface area contributed by atoms with Gasteiger partial charge in [-0.1, -0.05) is 72.8 Å². The monoisotopic (exact) mass is 495 g/mol. The van der Waals surface area contributed by atoms with Crippen molar-refractivity contribution >= 4 is 29.7 Å². The van der Waals surface area contributed by atoms with E-state index in [1.807, 2.05) is 54.6 Å². The van der Waals surface area contributed by atoms with E-state index in [1.165, 1.54) is 7.11 Å². The van der Waals surface area contributed by atoms with Crippen LogP contribution in [0.15, 0.2) is 108 Å². The molecule has 0 saturated carbocycles. The van der Waals surface area contributed by atoms with Gasteiger partial charge in [0.25, 0.3) is 11.8 Å². The van der Waals surface area contributed by atoms with Crippen molar-refractivity contribution in [2.75, 3.05) is 14.2 Å². The van der Waals surface area contributed by atoms with Crippen molar-refractivity contribution in [1.82, 2.24) is 10.7 Å². The van der Waals surface area contributed by atoms with E-state index in [9.17, 15) is 9.59 Å². The highest BCUT2D eigenvalue weighted by Crippen LogP contribution is 2.28. The molecule has 0 fully saturated rings. The molecule has 0 spiro atoms. The lowest BCUT2D eigenvalue weighted by atomic mass is 10.1. The zero-order chi connectivity index (χ0) is 26.5. The molecule has 0 aliphatic rings. The molecule has 3 aromatic carbocycles. The highest BCUT2D eigenvalue weighted by atomic mass is 16.5. The van der Waals surface area contributed by atoms with Crippen molar-refractivity contribution in [2.24, 2.45) is 5.10 Å². The third kappa shape index (κ3) is 8.36. The minimum atomic E-state index is -0.577. The summed E-state index contributed by atoms with van der Waals surface area (Å²) in [5.74, 6) is 0.0426. The fourth-order valence-corrected chi connectivity index (χ4v) is 3.21. The SMILES string of the molecule is COc1ccc(/C=C(/NC(=O)c2ccccc2)C(=O)N\N=C(C)/C=C/C=C/c2ccccc2)cc1OC. The molecule has 0 aromatic heterocycles. The van der Waals surface area contributed by atoms with Gasteiger partial charge in [-0.2, -0.15) is 5.10 Å². The van der Waals surface area contributed by atoms with Gasteiger partial charge in [0.1, 0.15) is 5.70 Å². The Bertz CT molecular complexity index is 1330. The summed E-state index contributed by atoms with van der Waals surface area (Å²) < 4.78 is 10.6. The standard InChI is InChI=1S/C30H29N3O4/c1-22(12-10-11-15-23-13-6-4-7-14-23)32-33-30(35)26(31-29(34)25-16-8-5-9-17-25)20-24-18-19-27(36-2)28(21-24)37-3/h4-21H,1-3H3,(H,31,34)(H,33,35)/b12-10+,15-11+,26-20+,32-22-. The molecule has 3 rings (SSSR count). The van der Waals surface area contributed by atoms with Gasteiger partial charge in [-0.05, 0) is 54.5 Å². The Labute approximate surface area is 216 Å². The fraction of sp³-hybridized carbons (Fsp3) is 0.100. The number of carbonyl (C=O) groups excluding carboxylic acids is 2. The molecule has 188 valence electrons. The second-order valence-electron chi connectivity index (χ2n) is 7.82. The zero-order valence-electron chi connectivity index (χ0n) is 21.0. The normalized spacial score (nSPS) is 12.0. The number of hydrogen-bond acceptors (Lipinski definition) is 5. The molecule has 0 atom stereocenters. The molecule has 0 heterocycles. The molecule has 0 radical (unpaired) electrons. The summed E-state index contributed by atoms with van der Waals surface area (Å²) in [5, 5.41) is 6.81. The van der Waals surface area contributed by atoms with E-state index in [0.717, 1.165) is 5.56 Å². The lowest BCUT2D eigenvalue weighted by Gasteiger charge is -2.11. The van der Waals surface area contributed by atoms with Gasteiger partial charge in [0, 0.05) is 5.56 Å². The van der Waals surface area contributed by atoms with Crippen LogP contribution in [0.3, 0.4) is 0 Å². The predicted octanol–water partition coefficient (Wildman–Crippen LogP) is 5.24. The number of carbonyl (C=O) groups is 2. The summed E-state index contributed by atoms with van der Waals surface area (Å²) >= 11 is 0. The maximum absolute atomic E-state index is 13.0. The number of benzene rings is 3. The molecule has 3 aromatic rings. The van der Waals surface area contributed by atoms with Crippen molar-refractivity contribution in [1.29, 1.82) is 0 Å². The van der Waals surface area contributed by atoms with E-state index in [0.29, 0.717) is 28.3 Å². The third-order valence-corrected chi connectivity index (χ3v) is 5.12. The van der Waals surface area contributed by atoms with Gasteiger partial charge in [0.2, 0.25) is 0 Å². The van der Waals surface area contributed by atoms with Crippen LogP contribution in [0.25, 0.3) is 12.2 Å². The Balaban J connectivity index is 1.78. The summed E-state index contributed by atoms with van der Waals surface area (Å²) in [6.07, 6.45) is 8.99. The Morgan fingerprint density at radius 3 is 2.16 bits per heavy atom. The van der Waals surface area contributed by atoms with Gasteiger partial charge < -0.3 is 14.8 Å². The van der Waals surface area contributed by atoms with E-state index < -0.39 is 11.8 Å². The van der Waals surface area contributed by atoms with E-state index in [1.54, 1.807) is 68.7 Å². The molecule has 0 aliphatic heterocycles. The quantitative estimate of drug-likeness (QED) is 0.174. The van der Waals surface area contributed by atoms with Crippen molar-refractivity contribution in [3.05, 3.63) is 119 Å². The minimum absolute atomic E-state index is 0.0191. The maximum atomic E-state index is 13.0. The lowest BCUT2D eigenvalue weighted by molar-refractivity contribution is -0.117. The van der Waals surface area contributed by atoms with Crippen molar-refractivity contribution in [3.63, 3.8) is 0 Å². The molecule has 7 heteroatoms. The van der Waals surface area contributed by atoms with Crippen LogP contribution < -0.4 is 20.2 Å². The van der Waals surface area contributed by atoms with Crippen LogP contribution in [0.1, 0.15) is 28.4 Å². The van der Waals surface area contributed by atoms with Gasteiger partial charge in [-0.3, -0.25) is 9.59 Å². The average molecular weight is 496 g/mol. The van der Waals surface area contributed by atoms with Crippen LogP contribution in [0.5, 0.6) is 11.5 Å². The first-order valence-electron chi connectivity index (χ1n) is 11.5. The highest BCUT2D eigenvalue weighted by molar-refractivity contribution is 6.05. The van der Waals surface area contributed by atoms with E-state index >= 15 is 0 Å². The number of ether oxygens (including phenoxy) is 2. The molecule has 2 N–H and O–H groups in total. The molecule has 2 amide bonds. The summed E-state index contributed by atoms with van der Waals surface area (Å²) in [5.41, 5.74) is 5.22. The smallest absolute Gasteiger partial charge is 0.287 e. The average Bonchev–Trinajstić information content (AvgIpc) is 2.94. The van der Waals surface area contributed by atoms with Gasteiger partial charge in [-0.15, -0.1) is 0 Å². The number of allylic oxidation sites excluding steroid dienone is 3. The van der Waals surface area contributed by atoms with Crippen LogP contribution in [0.2, 0.25) is 0 Å². The number of rotatable bonds is 10. The molecule has 0 saturated heterocycles. The molecular formula is C30H29N3O4. The van der Waals surface area contributed by atoms with Gasteiger partial charge in [-0.25, -0.2) is 5.43 Å². The van der Waals surface area contributed by atoms with Crippen molar-refractivity contribution in [3.8, 4) is 11.5 Å². The number of amides is 2. The second kappa shape index (κ2) is 13.8. The molecular weight excluding hydrogens is 466 g/mol. The molecule has 37 heavy (non-hydrogen) atoms. The van der Waals surface area contributed by atoms with Crippen LogP contribution in [0, 0.1) is 0 Å². The summed E-state index contributed by atoms with van der Waals surface area (Å²) in [6.45, 7) is 1.76. The number of nitrogens with one attached hydrogen (secondary N) is 2. The maximum Gasteiger partial charge on any atom is 0.287 e. The van der Waals surface area contributed by atoms with Crippen molar-refractivity contribution < 1.29 is 19.1 Å². The summed E-state index contributed by atoms with van der Waals surface area (Å²) in [6, 6.07) is 23.7. The molecule has 0 unspecified atom stereocenters. The zero-order valence-corrected chi connectivity index (χ0v) is 21.0. The topological polar surface area (TPSA) is 89.0 Å². The predicted molar refractivity (Wildman–Crippen MR) is 147 cm³/mol. The van der Waals surface area contributed by atoms with E-state index in [4.69, 9.17) is 9.47 Å².